The number of ether oxygens (including phenoxy) is 2. The molecule has 0 bridgehead atoms. The van der Waals surface area contributed by atoms with Crippen molar-refractivity contribution >= 4 is 23.4 Å². The number of aromatic nitrogens is 1. The summed E-state index contributed by atoms with van der Waals surface area (Å²) >= 11 is 0. The average molecular weight is 331 g/mol. The molecule has 1 aromatic heterocycles. The summed E-state index contributed by atoms with van der Waals surface area (Å²) in [7, 11) is 0. The van der Waals surface area contributed by atoms with Gasteiger partial charge in [-0.25, -0.2) is 4.98 Å². The molecule has 122 valence electrons. The van der Waals surface area contributed by atoms with E-state index < -0.39 is 9.85 Å². The highest BCUT2D eigenvalue weighted by Crippen LogP contribution is 2.37. The fourth-order valence-electron chi connectivity index (χ4n) is 2.00. The molecule has 2 heterocycles. The molecule has 0 saturated heterocycles. The Labute approximate surface area is 133 Å². The first kappa shape index (κ1) is 15.1. The third-order valence-electron chi connectivity index (χ3n) is 3.08. The van der Waals surface area contributed by atoms with Crippen molar-refractivity contribution < 1.29 is 19.3 Å². The van der Waals surface area contributed by atoms with Crippen LogP contribution in [0.5, 0.6) is 11.5 Å². The highest BCUT2D eigenvalue weighted by atomic mass is 16.7. The molecule has 0 spiro atoms. The summed E-state index contributed by atoms with van der Waals surface area (Å²) < 4.78 is 10.2. The van der Waals surface area contributed by atoms with Crippen LogP contribution in [0.3, 0.4) is 0 Å². The van der Waals surface area contributed by atoms with Crippen molar-refractivity contribution in [1.29, 1.82) is 0 Å². The lowest BCUT2D eigenvalue weighted by molar-refractivity contribution is -0.385. The number of nitro benzene ring substituents is 1. The van der Waals surface area contributed by atoms with Crippen LogP contribution in [0.25, 0.3) is 0 Å². The number of benzene rings is 1. The maximum Gasteiger partial charge on any atom is 0.313 e. The molecule has 0 radical (unpaired) electrons. The number of nitrogens with one attached hydrogen (secondary N) is 1. The van der Waals surface area contributed by atoms with Crippen molar-refractivity contribution in [2.45, 2.75) is 0 Å². The van der Waals surface area contributed by atoms with E-state index in [1.807, 2.05) is 0 Å². The molecule has 0 fully saturated rings. The van der Waals surface area contributed by atoms with Crippen LogP contribution in [0, 0.1) is 20.2 Å². The van der Waals surface area contributed by atoms with E-state index in [0.717, 1.165) is 6.21 Å². The van der Waals surface area contributed by atoms with Crippen molar-refractivity contribution in [3.8, 4) is 11.5 Å². The molecule has 0 amide bonds. The van der Waals surface area contributed by atoms with E-state index >= 15 is 0 Å². The highest BCUT2D eigenvalue weighted by Gasteiger charge is 2.22. The van der Waals surface area contributed by atoms with Gasteiger partial charge in [0, 0.05) is 12.3 Å². The Balaban J connectivity index is 1.88. The monoisotopic (exact) mass is 331 g/mol. The standard InChI is InChI=1S/C13H9N5O6/c19-17(20)9-2-1-3-14-13(9)16-15-6-8-4-11-12(24-7-23-11)5-10(8)18(21)22/h1-6H,7H2,(H,14,16)/b15-6+. The van der Waals surface area contributed by atoms with Gasteiger partial charge >= 0.3 is 5.69 Å². The maximum atomic E-state index is 11.1. The van der Waals surface area contributed by atoms with Crippen LogP contribution in [-0.4, -0.2) is 27.8 Å². The van der Waals surface area contributed by atoms with Gasteiger partial charge in [0.15, 0.2) is 11.5 Å². The van der Waals surface area contributed by atoms with E-state index in [0.29, 0.717) is 5.75 Å². The second-order valence-corrected chi connectivity index (χ2v) is 4.52. The van der Waals surface area contributed by atoms with Gasteiger partial charge in [0.1, 0.15) is 0 Å². The number of rotatable bonds is 5. The van der Waals surface area contributed by atoms with Crippen LogP contribution in [0.15, 0.2) is 35.6 Å². The zero-order valence-electron chi connectivity index (χ0n) is 11.9. The fourth-order valence-corrected chi connectivity index (χ4v) is 2.00. The number of nitrogens with zero attached hydrogens (tertiary/aromatic N) is 4. The average Bonchev–Trinajstić information content (AvgIpc) is 3.01. The molecule has 0 saturated carbocycles. The quantitative estimate of drug-likeness (QED) is 0.498. The number of hydrogen-bond donors (Lipinski definition) is 1. The zero-order chi connectivity index (χ0) is 17.1. The summed E-state index contributed by atoms with van der Waals surface area (Å²) in [6.45, 7) is -0.0224. The van der Waals surface area contributed by atoms with Crippen LogP contribution in [0.1, 0.15) is 5.56 Å². The van der Waals surface area contributed by atoms with Crippen molar-refractivity contribution in [1.82, 2.24) is 4.98 Å². The summed E-state index contributed by atoms with van der Waals surface area (Å²) in [6.07, 6.45) is 2.51. The zero-order valence-corrected chi connectivity index (χ0v) is 11.9. The molecule has 24 heavy (non-hydrogen) atoms. The third kappa shape index (κ3) is 2.90. The Morgan fingerprint density at radius 3 is 2.58 bits per heavy atom. The van der Waals surface area contributed by atoms with E-state index in [4.69, 9.17) is 9.47 Å². The first-order valence-corrected chi connectivity index (χ1v) is 6.53. The molecule has 0 unspecified atom stereocenters. The predicted molar refractivity (Wildman–Crippen MR) is 81.3 cm³/mol. The molecule has 0 aliphatic carbocycles. The topological polar surface area (TPSA) is 142 Å². The minimum absolute atomic E-state index is 0.0224. The van der Waals surface area contributed by atoms with Crippen molar-refractivity contribution in [3.63, 3.8) is 0 Å². The Morgan fingerprint density at radius 1 is 1.17 bits per heavy atom. The molecule has 1 aliphatic rings. The summed E-state index contributed by atoms with van der Waals surface area (Å²) in [5.41, 5.74) is 2.04. The minimum Gasteiger partial charge on any atom is -0.454 e. The molecule has 1 aliphatic heterocycles. The Kier molecular flexibility index (Phi) is 3.89. The van der Waals surface area contributed by atoms with E-state index in [9.17, 15) is 20.2 Å². The Morgan fingerprint density at radius 2 is 1.88 bits per heavy atom. The van der Waals surface area contributed by atoms with Crippen LogP contribution in [-0.2, 0) is 0 Å². The first-order chi connectivity index (χ1) is 11.6. The molecule has 1 aromatic carbocycles. The van der Waals surface area contributed by atoms with E-state index in [1.165, 1.54) is 30.5 Å². The number of anilines is 1. The second kappa shape index (κ2) is 6.16. The number of fused-ring (bicyclic) bond motifs is 1. The van der Waals surface area contributed by atoms with Crippen LogP contribution >= 0.6 is 0 Å². The van der Waals surface area contributed by atoms with Crippen LogP contribution in [0.4, 0.5) is 17.2 Å². The molecule has 11 heteroatoms. The number of hydrogen-bond acceptors (Lipinski definition) is 9. The minimum atomic E-state index is -0.617. The molecular weight excluding hydrogens is 322 g/mol. The van der Waals surface area contributed by atoms with Crippen LogP contribution in [0.2, 0.25) is 0 Å². The molecule has 2 aromatic rings. The molecule has 0 atom stereocenters. The number of pyridine rings is 1. The summed E-state index contributed by atoms with van der Waals surface area (Å²) in [6, 6.07) is 5.30. The number of hydrazone groups is 1. The smallest absolute Gasteiger partial charge is 0.313 e. The maximum absolute atomic E-state index is 11.1. The van der Waals surface area contributed by atoms with Gasteiger partial charge in [-0.15, -0.1) is 0 Å². The highest BCUT2D eigenvalue weighted by molar-refractivity contribution is 5.87. The molecule has 1 N–H and O–H groups in total. The number of nitro groups is 2. The first-order valence-electron chi connectivity index (χ1n) is 6.53. The van der Waals surface area contributed by atoms with Gasteiger partial charge in [0.05, 0.1) is 27.7 Å². The van der Waals surface area contributed by atoms with Gasteiger partial charge in [-0.1, -0.05) is 0 Å². The lowest BCUT2D eigenvalue weighted by Gasteiger charge is -2.02. The van der Waals surface area contributed by atoms with E-state index in [2.05, 4.69) is 15.5 Å². The predicted octanol–water partition coefficient (Wildman–Crippen LogP) is 2.07. The molecule has 11 nitrogen and oxygen atoms in total. The van der Waals surface area contributed by atoms with Crippen molar-refractivity contribution in [3.05, 3.63) is 56.3 Å². The lowest BCUT2D eigenvalue weighted by atomic mass is 10.1. The van der Waals surface area contributed by atoms with Crippen LogP contribution < -0.4 is 14.9 Å². The van der Waals surface area contributed by atoms with Gasteiger partial charge in [-0.05, 0) is 12.1 Å². The van der Waals surface area contributed by atoms with Crippen molar-refractivity contribution in [2.75, 3.05) is 12.2 Å². The van der Waals surface area contributed by atoms with E-state index in [-0.39, 0.29) is 35.3 Å². The largest absolute Gasteiger partial charge is 0.454 e. The third-order valence-corrected chi connectivity index (χ3v) is 3.08. The van der Waals surface area contributed by atoms with Gasteiger partial charge in [-0.2, -0.15) is 5.10 Å². The second-order valence-electron chi connectivity index (χ2n) is 4.52. The van der Waals surface area contributed by atoms with Gasteiger partial charge in [-0.3, -0.25) is 25.7 Å². The van der Waals surface area contributed by atoms with E-state index in [1.54, 1.807) is 0 Å². The van der Waals surface area contributed by atoms with Gasteiger partial charge in [0.2, 0.25) is 12.6 Å². The SMILES string of the molecule is O=[N+]([O-])c1cc2c(cc1/C=N/Nc1ncccc1[N+](=O)[O-])OCO2. The fraction of sp³-hybridized carbons (Fsp3) is 0.0769. The molecular formula is C13H9N5O6. The molecule has 3 rings (SSSR count). The van der Waals surface area contributed by atoms with Gasteiger partial charge < -0.3 is 9.47 Å². The summed E-state index contributed by atoms with van der Waals surface area (Å²) in [5, 5.41) is 25.8. The summed E-state index contributed by atoms with van der Waals surface area (Å²) in [5.74, 6) is 0.542. The Bertz CT molecular complexity index is 853. The van der Waals surface area contributed by atoms with Gasteiger partial charge in [0.25, 0.3) is 5.69 Å². The lowest BCUT2D eigenvalue weighted by Crippen LogP contribution is -2.00. The summed E-state index contributed by atoms with van der Waals surface area (Å²) in [4.78, 5) is 24.6. The normalized spacial score (nSPS) is 12.3. The van der Waals surface area contributed by atoms with Crippen molar-refractivity contribution in [2.24, 2.45) is 5.10 Å². The Hall–Kier alpha value is -3.76.